The fraction of sp³-hybridized carbons (Fsp3) is 0.600. The molecule has 0 radical (unpaired) electrons. The molecule has 2 heterocycles. The largest absolute Gasteiger partial charge is 0.478 e. The van der Waals surface area contributed by atoms with Crippen LogP contribution < -0.4 is 5.32 Å². The number of aromatic nitrogens is 1. The van der Waals surface area contributed by atoms with Crippen molar-refractivity contribution in [2.75, 3.05) is 18.5 Å². The van der Waals surface area contributed by atoms with Gasteiger partial charge in [0.15, 0.2) is 0 Å². The Hall–Kier alpha value is -1.62. The van der Waals surface area contributed by atoms with E-state index in [2.05, 4.69) is 17.2 Å². The van der Waals surface area contributed by atoms with Crippen molar-refractivity contribution < 1.29 is 14.6 Å². The zero-order valence-electron chi connectivity index (χ0n) is 12.2. The Morgan fingerprint density at radius 3 is 2.75 bits per heavy atom. The number of hydrogen-bond donors (Lipinski definition) is 2. The monoisotopic (exact) mass is 278 g/mol. The van der Waals surface area contributed by atoms with Crippen LogP contribution in [0.2, 0.25) is 0 Å². The molecule has 1 aromatic rings. The van der Waals surface area contributed by atoms with Crippen LogP contribution in [0.15, 0.2) is 12.1 Å². The van der Waals surface area contributed by atoms with Crippen LogP contribution in [-0.4, -0.2) is 35.3 Å². The third kappa shape index (κ3) is 3.48. The number of rotatable bonds is 5. The fourth-order valence-corrected chi connectivity index (χ4v) is 2.34. The first-order valence-corrected chi connectivity index (χ1v) is 7.07. The lowest BCUT2D eigenvalue weighted by molar-refractivity contribution is 0.0696. The summed E-state index contributed by atoms with van der Waals surface area (Å²) in [4.78, 5) is 15.7. The second-order valence-corrected chi connectivity index (χ2v) is 5.68. The molecule has 2 unspecified atom stereocenters. The second kappa shape index (κ2) is 6.22. The standard InChI is InChI=1S/C15H22N2O3/c1-9(2)13-6-12(15(18)19)7-14(17-13)16-10(3)11-4-5-20-8-11/h6-7,9-11H,4-5,8H2,1-3H3,(H,16,17)(H,18,19). The zero-order valence-corrected chi connectivity index (χ0v) is 12.2. The average molecular weight is 278 g/mol. The van der Waals surface area contributed by atoms with Crippen molar-refractivity contribution in [3.05, 3.63) is 23.4 Å². The van der Waals surface area contributed by atoms with E-state index in [1.165, 1.54) is 0 Å². The Kier molecular flexibility index (Phi) is 4.60. The number of nitrogens with one attached hydrogen (secondary N) is 1. The van der Waals surface area contributed by atoms with Gasteiger partial charge in [0.05, 0.1) is 12.2 Å². The van der Waals surface area contributed by atoms with Gasteiger partial charge in [0, 0.05) is 24.3 Å². The molecular weight excluding hydrogens is 256 g/mol. The number of anilines is 1. The Morgan fingerprint density at radius 1 is 1.45 bits per heavy atom. The number of carbonyl (C=O) groups is 1. The zero-order chi connectivity index (χ0) is 14.7. The minimum atomic E-state index is -0.922. The van der Waals surface area contributed by atoms with Crippen molar-refractivity contribution in [2.45, 2.75) is 39.2 Å². The number of carboxylic acids is 1. The van der Waals surface area contributed by atoms with E-state index in [1.54, 1.807) is 12.1 Å². The average Bonchev–Trinajstić information content (AvgIpc) is 2.92. The van der Waals surface area contributed by atoms with Crippen LogP contribution in [0.5, 0.6) is 0 Å². The van der Waals surface area contributed by atoms with Gasteiger partial charge in [-0.1, -0.05) is 13.8 Å². The Balaban J connectivity index is 2.19. The summed E-state index contributed by atoms with van der Waals surface area (Å²) in [6.07, 6.45) is 1.03. The van der Waals surface area contributed by atoms with Crippen LogP contribution in [0, 0.1) is 5.92 Å². The molecule has 0 saturated carbocycles. The lowest BCUT2D eigenvalue weighted by atomic mass is 10.0. The predicted octanol–water partition coefficient (Wildman–Crippen LogP) is 2.74. The van der Waals surface area contributed by atoms with E-state index < -0.39 is 5.97 Å². The van der Waals surface area contributed by atoms with E-state index in [-0.39, 0.29) is 17.5 Å². The molecule has 2 N–H and O–H groups in total. The summed E-state index contributed by atoms with van der Waals surface area (Å²) in [5, 5.41) is 12.5. The van der Waals surface area contributed by atoms with Crippen molar-refractivity contribution in [3.63, 3.8) is 0 Å². The SMILES string of the molecule is CC(C)c1cc(C(=O)O)cc(NC(C)C2CCOC2)n1. The fourth-order valence-electron chi connectivity index (χ4n) is 2.34. The highest BCUT2D eigenvalue weighted by atomic mass is 16.5. The number of nitrogens with zero attached hydrogens (tertiary/aromatic N) is 1. The van der Waals surface area contributed by atoms with Crippen molar-refractivity contribution in [3.8, 4) is 0 Å². The second-order valence-electron chi connectivity index (χ2n) is 5.68. The maximum absolute atomic E-state index is 11.2. The summed E-state index contributed by atoms with van der Waals surface area (Å²) >= 11 is 0. The van der Waals surface area contributed by atoms with Gasteiger partial charge < -0.3 is 15.2 Å². The number of carboxylic acid groups (broad SMARTS) is 1. The Labute approximate surface area is 119 Å². The molecule has 5 heteroatoms. The van der Waals surface area contributed by atoms with Gasteiger partial charge in [0.25, 0.3) is 0 Å². The molecule has 0 bridgehead atoms. The maximum atomic E-state index is 11.2. The Morgan fingerprint density at radius 2 is 2.20 bits per heavy atom. The summed E-state index contributed by atoms with van der Waals surface area (Å²) < 4.78 is 5.39. The topological polar surface area (TPSA) is 71.5 Å². The van der Waals surface area contributed by atoms with Gasteiger partial charge in [-0.25, -0.2) is 9.78 Å². The third-order valence-corrected chi connectivity index (χ3v) is 3.73. The minimum absolute atomic E-state index is 0.194. The van der Waals surface area contributed by atoms with E-state index in [4.69, 9.17) is 4.74 Å². The van der Waals surface area contributed by atoms with Crippen molar-refractivity contribution in [1.82, 2.24) is 4.98 Å². The highest BCUT2D eigenvalue weighted by molar-refractivity contribution is 5.88. The van der Waals surface area contributed by atoms with E-state index in [0.29, 0.717) is 11.7 Å². The van der Waals surface area contributed by atoms with Crippen LogP contribution in [0.1, 0.15) is 49.2 Å². The van der Waals surface area contributed by atoms with Crippen LogP contribution in [0.3, 0.4) is 0 Å². The van der Waals surface area contributed by atoms with Crippen LogP contribution in [-0.2, 0) is 4.74 Å². The molecule has 1 aliphatic rings. The van der Waals surface area contributed by atoms with Gasteiger partial charge in [0.1, 0.15) is 5.82 Å². The molecule has 1 saturated heterocycles. The number of pyridine rings is 1. The lowest BCUT2D eigenvalue weighted by Crippen LogP contribution is -2.27. The normalized spacial score (nSPS) is 20.1. The first kappa shape index (κ1) is 14.8. The molecule has 110 valence electrons. The summed E-state index contributed by atoms with van der Waals surface area (Å²) in [5.41, 5.74) is 1.07. The lowest BCUT2D eigenvalue weighted by Gasteiger charge is -2.21. The van der Waals surface area contributed by atoms with Crippen LogP contribution >= 0.6 is 0 Å². The van der Waals surface area contributed by atoms with Crippen molar-refractivity contribution in [2.24, 2.45) is 5.92 Å². The molecule has 1 aromatic heterocycles. The smallest absolute Gasteiger partial charge is 0.335 e. The molecule has 2 rings (SSSR count). The molecule has 5 nitrogen and oxygen atoms in total. The summed E-state index contributed by atoms with van der Waals surface area (Å²) in [7, 11) is 0. The van der Waals surface area contributed by atoms with Gasteiger partial charge in [-0.05, 0) is 31.4 Å². The number of ether oxygens (including phenoxy) is 1. The van der Waals surface area contributed by atoms with Gasteiger partial charge in [-0.2, -0.15) is 0 Å². The van der Waals surface area contributed by atoms with Gasteiger partial charge in [-0.15, -0.1) is 0 Å². The number of aromatic carboxylic acids is 1. The van der Waals surface area contributed by atoms with Gasteiger partial charge in [0.2, 0.25) is 0 Å². The first-order valence-electron chi connectivity index (χ1n) is 7.07. The summed E-state index contributed by atoms with van der Waals surface area (Å²) in [6, 6.07) is 3.45. The summed E-state index contributed by atoms with van der Waals surface area (Å²) in [6.45, 7) is 7.65. The third-order valence-electron chi connectivity index (χ3n) is 3.73. The molecule has 1 fully saturated rings. The van der Waals surface area contributed by atoms with E-state index >= 15 is 0 Å². The molecule has 0 spiro atoms. The number of hydrogen-bond acceptors (Lipinski definition) is 4. The highest BCUT2D eigenvalue weighted by Crippen LogP contribution is 2.22. The molecule has 2 atom stereocenters. The first-order chi connectivity index (χ1) is 9.47. The van der Waals surface area contributed by atoms with E-state index in [1.807, 2.05) is 13.8 Å². The summed E-state index contributed by atoms with van der Waals surface area (Å²) in [5.74, 6) is 0.356. The highest BCUT2D eigenvalue weighted by Gasteiger charge is 2.23. The molecule has 0 aliphatic carbocycles. The van der Waals surface area contributed by atoms with Crippen molar-refractivity contribution in [1.29, 1.82) is 0 Å². The molecule has 0 amide bonds. The van der Waals surface area contributed by atoms with Crippen molar-refractivity contribution >= 4 is 11.8 Å². The minimum Gasteiger partial charge on any atom is -0.478 e. The predicted molar refractivity (Wildman–Crippen MR) is 77.3 cm³/mol. The van der Waals surface area contributed by atoms with E-state index in [9.17, 15) is 9.90 Å². The molecule has 20 heavy (non-hydrogen) atoms. The molecule has 0 aromatic carbocycles. The van der Waals surface area contributed by atoms with E-state index in [0.717, 1.165) is 25.3 Å². The molecular formula is C15H22N2O3. The van der Waals surface area contributed by atoms with Gasteiger partial charge in [-0.3, -0.25) is 0 Å². The van der Waals surface area contributed by atoms with Crippen LogP contribution in [0.25, 0.3) is 0 Å². The quantitative estimate of drug-likeness (QED) is 0.866. The van der Waals surface area contributed by atoms with Gasteiger partial charge >= 0.3 is 5.97 Å². The van der Waals surface area contributed by atoms with Crippen LogP contribution in [0.4, 0.5) is 5.82 Å². The maximum Gasteiger partial charge on any atom is 0.335 e. The molecule has 1 aliphatic heterocycles. The Bertz CT molecular complexity index is 482.